The first kappa shape index (κ1) is 16.8. The number of fused-ring (bicyclic) bond motifs is 1. The van der Waals surface area contributed by atoms with Gasteiger partial charge in [0, 0.05) is 12.4 Å². The number of hydrogen-bond acceptors (Lipinski definition) is 7. The molecule has 1 aliphatic rings. The van der Waals surface area contributed by atoms with Crippen molar-refractivity contribution in [2.45, 2.75) is 6.10 Å². The number of anilines is 1. The Bertz CT molecular complexity index is 979. The monoisotopic (exact) mass is 364 g/mol. The van der Waals surface area contributed by atoms with Gasteiger partial charge in [0.25, 0.3) is 0 Å². The van der Waals surface area contributed by atoms with E-state index in [4.69, 9.17) is 14.6 Å². The minimum atomic E-state index is -1.01. The van der Waals surface area contributed by atoms with Crippen LogP contribution in [-0.2, 0) is 0 Å². The predicted molar refractivity (Wildman–Crippen MR) is 97.1 cm³/mol. The van der Waals surface area contributed by atoms with Crippen LogP contribution in [0, 0.1) is 0 Å². The van der Waals surface area contributed by atoms with E-state index >= 15 is 0 Å². The number of nitrogens with zero attached hydrogens (tertiary/aromatic N) is 3. The van der Waals surface area contributed by atoms with Crippen LogP contribution in [0.25, 0.3) is 11.4 Å². The summed E-state index contributed by atoms with van der Waals surface area (Å²) < 4.78 is 11.6. The van der Waals surface area contributed by atoms with Crippen molar-refractivity contribution in [3.05, 3.63) is 60.4 Å². The van der Waals surface area contributed by atoms with Gasteiger partial charge >= 0.3 is 5.97 Å². The van der Waals surface area contributed by atoms with E-state index in [-0.39, 0.29) is 11.7 Å². The lowest BCUT2D eigenvalue weighted by molar-refractivity contribution is 0.0697. The predicted octanol–water partition coefficient (Wildman–Crippen LogP) is 2.49. The third-order valence-electron chi connectivity index (χ3n) is 3.98. The van der Waals surface area contributed by atoms with Crippen molar-refractivity contribution in [2.75, 3.05) is 18.5 Å². The summed E-state index contributed by atoms with van der Waals surface area (Å²) in [4.78, 5) is 23.9. The van der Waals surface area contributed by atoms with E-state index in [2.05, 4.69) is 20.3 Å². The smallest absolute Gasteiger partial charge is 0.335 e. The Morgan fingerprint density at radius 1 is 1.11 bits per heavy atom. The van der Waals surface area contributed by atoms with Crippen LogP contribution in [0.1, 0.15) is 10.4 Å². The summed E-state index contributed by atoms with van der Waals surface area (Å²) in [5.41, 5.74) is 1.15. The van der Waals surface area contributed by atoms with Crippen molar-refractivity contribution in [3.63, 3.8) is 0 Å². The molecule has 0 aliphatic carbocycles. The Balaban J connectivity index is 1.44. The molecule has 0 fully saturated rings. The average Bonchev–Trinajstić information content (AvgIpc) is 2.72. The standard InChI is InChI=1S/C19H16N4O4/c24-18(25)12-5-7-20-15(9-12)14-6-8-21-19(23-14)22-10-13-11-26-16-3-1-2-4-17(16)27-13/h1-9,13H,10-11H2,(H,24,25)(H,21,22,23)/t13-/m1/s1. The van der Waals surface area contributed by atoms with E-state index in [1.165, 1.54) is 18.3 Å². The number of benzene rings is 1. The number of pyridine rings is 1. The van der Waals surface area contributed by atoms with Gasteiger partial charge in [-0.1, -0.05) is 12.1 Å². The topological polar surface area (TPSA) is 106 Å². The molecular formula is C19H16N4O4. The molecule has 136 valence electrons. The maximum atomic E-state index is 11.1. The molecule has 8 heteroatoms. The van der Waals surface area contributed by atoms with Gasteiger partial charge in [-0.05, 0) is 30.3 Å². The molecule has 0 amide bonds. The van der Waals surface area contributed by atoms with Gasteiger partial charge in [0.2, 0.25) is 5.95 Å². The first-order chi connectivity index (χ1) is 13.2. The lowest BCUT2D eigenvalue weighted by atomic mass is 10.2. The quantitative estimate of drug-likeness (QED) is 0.711. The highest BCUT2D eigenvalue weighted by Crippen LogP contribution is 2.30. The average molecular weight is 364 g/mol. The van der Waals surface area contributed by atoms with Gasteiger partial charge in [0.05, 0.1) is 23.5 Å². The first-order valence-electron chi connectivity index (χ1n) is 8.34. The summed E-state index contributed by atoms with van der Waals surface area (Å²) >= 11 is 0. The lowest BCUT2D eigenvalue weighted by Gasteiger charge is -2.26. The first-order valence-corrected chi connectivity index (χ1v) is 8.34. The second kappa shape index (κ2) is 7.28. The van der Waals surface area contributed by atoms with Gasteiger partial charge in [0.15, 0.2) is 11.5 Å². The van der Waals surface area contributed by atoms with Crippen LogP contribution >= 0.6 is 0 Å². The molecule has 1 aromatic carbocycles. The summed E-state index contributed by atoms with van der Waals surface area (Å²) in [6.07, 6.45) is 2.85. The van der Waals surface area contributed by atoms with Crippen LogP contribution in [0.5, 0.6) is 11.5 Å². The molecule has 8 nitrogen and oxygen atoms in total. The molecule has 0 bridgehead atoms. The molecule has 2 aromatic heterocycles. The Labute approximate surface area is 154 Å². The van der Waals surface area contributed by atoms with Gasteiger partial charge in [-0.2, -0.15) is 0 Å². The van der Waals surface area contributed by atoms with Crippen LogP contribution < -0.4 is 14.8 Å². The summed E-state index contributed by atoms with van der Waals surface area (Å²) in [5, 5.41) is 12.2. The normalized spacial score (nSPS) is 15.2. The number of aromatic carboxylic acids is 1. The van der Waals surface area contributed by atoms with Crippen molar-refractivity contribution < 1.29 is 19.4 Å². The van der Waals surface area contributed by atoms with E-state index in [1.807, 2.05) is 24.3 Å². The molecule has 1 aliphatic heterocycles. The fourth-order valence-corrected chi connectivity index (χ4v) is 2.66. The number of carboxylic acid groups (broad SMARTS) is 1. The van der Waals surface area contributed by atoms with Gasteiger partial charge in [0.1, 0.15) is 12.7 Å². The SMILES string of the molecule is O=C(O)c1ccnc(-c2ccnc(NC[C@@H]3COc4ccccc4O3)n2)c1. The summed E-state index contributed by atoms with van der Waals surface area (Å²) in [6, 6.07) is 12.1. The second-order valence-corrected chi connectivity index (χ2v) is 5.88. The molecule has 0 saturated carbocycles. The van der Waals surface area contributed by atoms with Gasteiger partial charge < -0.3 is 19.9 Å². The van der Waals surface area contributed by atoms with E-state index < -0.39 is 5.97 Å². The molecule has 2 N–H and O–H groups in total. The van der Waals surface area contributed by atoms with Crippen LogP contribution in [-0.4, -0.2) is 45.3 Å². The van der Waals surface area contributed by atoms with E-state index in [9.17, 15) is 4.79 Å². The Morgan fingerprint density at radius 2 is 1.93 bits per heavy atom. The van der Waals surface area contributed by atoms with E-state index in [0.29, 0.717) is 36.2 Å². The molecule has 0 spiro atoms. The van der Waals surface area contributed by atoms with Crippen LogP contribution in [0.3, 0.4) is 0 Å². The number of rotatable bonds is 5. The summed E-state index contributed by atoms with van der Waals surface area (Å²) in [5.74, 6) is 0.828. The Morgan fingerprint density at radius 3 is 2.78 bits per heavy atom. The summed E-state index contributed by atoms with van der Waals surface area (Å²) in [6.45, 7) is 0.881. The van der Waals surface area contributed by atoms with Gasteiger partial charge in [-0.25, -0.2) is 14.8 Å². The third-order valence-corrected chi connectivity index (χ3v) is 3.98. The van der Waals surface area contributed by atoms with Crippen molar-refractivity contribution >= 4 is 11.9 Å². The highest BCUT2D eigenvalue weighted by molar-refractivity contribution is 5.88. The van der Waals surface area contributed by atoms with Gasteiger partial charge in [-0.15, -0.1) is 0 Å². The number of aromatic nitrogens is 3. The van der Waals surface area contributed by atoms with Crippen LogP contribution in [0.15, 0.2) is 54.9 Å². The van der Waals surface area contributed by atoms with Crippen molar-refractivity contribution in [1.82, 2.24) is 15.0 Å². The molecule has 0 unspecified atom stereocenters. The molecular weight excluding hydrogens is 348 g/mol. The Kier molecular flexibility index (Phi) is 4.52. The lowest BCUT2D eigenvalue weighted by Crippen LogP contribution is -2.35. The molecule has 27 heavy (non-hydrogen) atoms. The minimum Gasteiger partial charge on any atom is -0.486 e. The van der Waals surface area contributed by atoms with Crippen molar-refractivity contribution in [3.8, 4) is 22.9 Å². The zero-order valence-electron chi connectivity index (χ0n) is 14.2. The van der Waals surface area contributed by atoms with E-state index in [1.54, 1.807) is 12.3 Å². The Hall–Kier alpha value is -3.68. The highest BCUT2D eigenvalue weighted by Gasteiger charge is 2.20. The summed E-state index contributed by atoms with van der Waals surface area (Å²) in [7, 11) is 0. The minimum absolute atomic E-state index is 0.152. The molecule has 0 radical (unpaired) electrons. The second-order valence-electron chi connectivity index (χ2n) is 5.88. The van der Waals surface area contributed by atoms with Crippen molar-refractivity contribution in [2.24, 2.45) is 0 Å². The third kappa shape index (κ3) is 3.79. The molecule has 4 rings (SSSR count). The molecule has 3 aromatic rings. The number of carbonyl (C=O) groups is 1. The molecule has 1 atom stereocenters. The number of carboxylic acids is 1. The van der Waals surface area contributed by atoms with Crippen molar-refractivity contribution in [1.29, 1.82) is 0 Å². The number of hydrogen-bond donors (Lipinski definition) is 2. The van der Waals surface area contributed by atoms with Gasteiger partial charge in [-0.3, -0.25) is 4.98 Å². The fraction of sp³-hybridized carbons (Fsp3) is 0.158. The number of nitrogens with one attached hydrogen (secondary N) is 1. The zero-order chi connectivity index (χ0) is 18.6. The number of para-hydroxylation sites is 2. The molecule has 3 heterocycles. The number of ether oxygens (including phenoxy) is 2. The largest absolute Gasteiger partial charge is 0.486 e. The maximum Gasteiger partial charge on any atom is 0.335 e. The van der Waals surface area contributed by atoms with Crippen LogP contribution in [0.2, 0.25) is 0 Å². The maximum absolute atomic E-state index is 11.1. The highest BCUT2D eigenvalue weighted by atomic mass is 16.6. The van der Waals surface area contributed by atoms with Crippen LogP contribution in [0.4, 0.5) is 5.95 Å². The zero-order valence-corrected chi connectivity index (χ0v) is 14.2. The fourth-order valence-electron chi connectivity index (χ4n) is 2.66. The molecule has 0 saturated heterocycles. The van der Waals surface area contributed by atoms with E-state index in [0.717, 1.165) is 5.75 Å².